The van der Waals surface area contributed by atoms with Gasteiger partial charge in [0.05, 0.1) is 17.4 Å². The molecule has 1 aromatic carbocycles. The molecule has 2 heterocycles. The lowest BCUT2D eigenvalue weighted by atomic mass is 9.78. The minimum atomic E-state index is -0.460. The van der Waals surface area contributed by atoms with Crippen LogP contribution in [0.4, 0.5) is 5.69 Å². The van der Waals surface area contributed by atoms with Crippen LogP contribution in [0.1, 0.15) is 81.5 Å². The van der Waals surface area contributed by atoms with Gasteiger partial charge in [-0.2, -0.15) is 4.98 Å². The number of aromatic nitrogens is 2. The van der Waals surface area contributed by atoms with E-state index in [2.05, 4.69) is 30.3 Å². The SMILES string of the molecule is CC1Cc2ccccc2N1C(=O)C1CCCCC1c1nc(C2(N)CCCC2)no1. The van der Waals surface area contributed by atoms with E-state index in [1.807, 2.05) is 11.0 Å². The fourth-order valence-corrected chi connectivity index (χ4v) is 5.62. The van der Waals surface area contributed by atoms with Crippen molar-refractivity contribution in [3.8, 4) is 0 Å². The fraction of sp³-hybridized carbons (Fsp3) is 0.609. The van der Waals surface area contributed by atoms with Crippen LogP contribution in [0.5, 0.6) is 0 Å². The number of para-hydroxylation sites is 1. The average molecular weight is 395 g/mol. The first-order valence-corrected chi connectivity index (χ1v) is 11.1. The van der Waals surface area contributed by atoms with Crippen molar-refractivity contribution in [1.29, 1.82) is 0 Å². The van der Waals surface area contributed by atoms with Gasteiger partial charge in [-0.3, -0.25) is 4.79 Å². The number of hydrogen-bond acceptors (Lipinski definition) is 5. The summed E-state index contributed by atoms with van der Waals surface area (Å²) in [5, 5.41) is 4.25. The molecular weight excluding hydrogens is 364 g/mol. The molecule has 1 aliphatic heterocycles. The summed E-state index contributed by atoms with van der Waals surface area (Å²) in [4.78, 5) is 20.4. The van der Waals surface area contributed by atoms with Gasteiger partial charge in [-0.05, 0) is 50.7 Å². The average Bonchev–Trinajstić information content (AvgIpc) is 3.46. The lowest BCUT2D eigenvalue weighted by Crippen LogP contribution is -2.43. The first-order chi connectivity index (χ1) is 14.1. The number of carbonyl (C=O) groups is 1. The standard InChI is InChI=1S/C23H30N4O2/c1-15-14-16-8-2-5-11-19(16)27(15)21(28)18-10-4-3-9-17(18)20-25-22(26-29-20)23(24)12-6-7-13-23/h2,5,8,11,15,17-18H,3-4,6-7,9-10,12-14,24H2,1H3. The van der Waals surface area contributed by atoms with E-state index in [4.69, 9.17) is 15.2 Å². The highest BCUT2D eigenvalue weighted by atomic mass is 16.5. The van der Waals surface area contributed by atoms with Crippen LogP contribution in [0.2, 0.25) is 0 Å². The number of carbonyl (C=O) groups excluding carboxylic acids is 1. The van der Waals surface area contributed by atoms with Gasteiger partial charge in [0.2, 0.25) is 11.8 Å². The topological polar surface area (TPSA) is 85.2 Å². The minimum absolute atomic E-state index is 0.0116. The number of hydrogen-bond donors (Lipinski definition) is 1. The Labute approximate surface area is 171 Å². The molecule has 2 fully saturated rings. The van der Waals surface area contributed by atoms with Crippen molar-refractivity contribution in [2.45, 2.75) is 82.2 Å². The number of amides is 1. The van der Waals surface area contributed by atoms with Gasteiger partial charge >= 0.3 is 0 Å². The van der Waals surface area contributed by atoms with Gasteiger partial charge in [0.1, 0.15) is 0 Å². The summed E-state index contributed by atoms with van der Waals surface area (Å²) in [6.45, 7) is 2.14. The molecule has 0 saturated heterocycles. The number of rotatable bonds is 3. The summed E-state index contributed by atoms with van der Waals surface area (Å²) in [6, 6.07) is 8.45. The van der Waals surface area contributed by atoms with Crippen molar-refractivity contribution in [2.24, 2.45) is 11.7 Å². The Morgan fingerprint density at radius 3 is 2.76 bits per heavy atom. The Morgan fingerprint density at radius 2 is 1.93 bits per heavy atom. The molecule has 2 aliphatic carbocycles. The van der Waals surface area contributed by atoms with Crippen molar-refractivity contribution >= 4 is 11.6 Å². The molecule has 154 valence electrons. The molecule has 0 bridgehead atoms. The van der Waals surface area contributed by atoms with Gasteiger partial charge in [0, 0.05) is 11.7 Å². The molecular formula is C23H30N4O2. The van der Waals surface area contributed by atoms with Crippen LogP contribution in [-0.4, -0.2) is 22.1 Å². The Bertz CT molecular complexity index is 902. The smallest absolute Gasteiger partial charge is 0.231 e. The van der Waals surface area contributed by atoms with E-state index < -0.39 is 5.54 Å². The highest BCUT2D eigenvalue weighted by molar-refractivity contribution is 5.98. The largest absolute Gasteiger partial charge is 0.339 e. The van der Waals surface area contributed by atoms with Gasteiger partial charge in [-0.1, -0.05) is 49.0 Å². The van der Waals surface area contributed by atoms with Gasteiger partial charge in [-0.25, -0.2) is 0 Å². The lowest BCUT2D eigenvalue weighted by Gasteiger charge is -2.33. The first kappa shape index (κ1) is 18.8. The summed E-state index contributed by atoms with van der Waals surface area (Å²) in [7, 11) is 0. The van der Waals surface area contributed by atoms with Gasteiger partial charge < -0.3 is 15.2 Å². The molecule has 5 rings (SSSR count). The molecule has 0 radical (unpaired) electrons. The van der Waals surface area contributed by atoms with E-state index in [0.717, 1.165) is 63.5 Å². The monoisotopic (exact) mass is 394 g/mol. The Balaban J connectivity index is 1.42. The minimum Gasteiger partial charge on any atom is -0.339 e. The molecule has 29 heavy (non-hydrogen) atoms. The van der Waals surface area contributed by atoms with Gasteiger partial charge in [-0.15, -0.1) is 0 Å². The molecule has 3 atom stereocenters. The highest BCUT2D eigenvalue weighted by Crippen LogP contribution is 2.42. The molecule has 2 aromatic rings. The normalized spacial score (nSPS) is 28.5. The Hall–Kier alpha value is -2.21. The summed E-state index contributed by atoms with van der Waals surface area (Å²) in [5.41, 5.74) is 8.39. The number of nitrogens with zero attached hydrogens (tertiary/aromatic N) is 3. The third-order valence-electron chi connectivity index (χ3n) is 7.23. The van der Waals surface area contributed by atoms with Crippen LogP contribution < -0.4 is 10.6 Å². The molecule has 0 spiro atoms. The number of anilines is 1. The van der Waals surface area contributed by atoms with E-state index in [1.165, 1.54) is 5.56 Å². The Kier molecular flexibility index (Phi) is 4.69. The molecule has 3 aliphatic rings. The van der Waals surface area contributed by atoms with E-state index >= 15 is 0 Å². The second kappa shape index (κ2) is 7.24. The Morgan fingerprint density at radius 1 is 1.17 bits per heavy atom. The molecule has 1 aromatic heterocycles. The molecule has 2 saturated carbocycles. The summed E-state index contributed by atoms with van der Waals surface area (Å²) >= 11 is 0. The molecule has 2 N–H and O–H groups in total. The second-order valence-electron chi connectivity index (χ2n) is 9.21. The summed E-state index contributed by atoms with van der Waals surface area (Å²) in [6.07, 6.45) is 8.89. The maximum absolute atomic E-state index is 13.7. The maximum Gasteiger partial charge on any atom is 0.231 e. The molecule has 6 nitrogen and oxygen atoms in total. The van der Waals surface area contributed by atoms with E-state index in [0.29, 0.717) is 11.7 Å². The maximum atomic E-state index is 13.7. The van der Waals surface area contributed by atoms with Crippen molar-refractivity contribution < 1.29 is 9.32 Å². The highest BCUT2D eigenvalue weighted by Gasteiger charge is 2.43. The summed E-state index contributed by atoms with van der Waals surface area (Å²) < 4.78 is 5.71. The number of fused-ring (bicyclic) bond motifs is 1. The van der Waals surface area contributed by atoms with E-state index in [9.17, 15) is 4.79 Å². The van der Waals surface area contributed by atoms with Crippen molar-refractivity contribution in [3.05, 3.63) is 41.5 Å². The van der Waals surface area contributed by atoms with Gasteiger partial charge in [0.25, 0.3) is 0 Å². The lowest BCUT2D eigenvalue weighted by molar-refractivity contribution is -0.124. The predicted octanol–water partition coefficient (Wildman–Crippen LogP) is 4.05. The number of nitrogens with two attached hydrogens (primary N) is 1. The van der Waals surface area contributed by atoms with Crippen LogP contribution >= 0.6 is 0 Å². The van der Waals surface area contributed by atoms with Crippen molar-refractivity contribution in [2.75, 3.05) is 4.90 Å². The zero-order valence-corrected chi connectivity index (χ0v) is 17.1. The van der Waals surface area contributed by atoms with Crippen molar-refractivity contribution in [1.82, 2.24) is 10.1 Å². The van der Waals surface area contributed by atoms with Crippen LogP contribution in [0.3, 0.4) is 0 Å². The number of benzene rings is 1. The molecule has 6 heteroatoms. The van der Waals surface area contributed by atoms with E-state index in [1.54, 1.807) is 0 Å². The van der Waals surface area contributed by atoms with Crippen LogP contribution in [0.15, 0.2) is 28.8 Å². The second-order valence-corrected chi connectivity index (χ2v) is 9.21. The van der Waals surface area contributed by atoms with Crippen LogP contribution in [-0.2, 0) is 16.8 Å². The first-order valence-electron chi connectivity index (χ1n) is 11.1. The van der Waals surface area contributed by atoms with Crippen LogP contribution in [0.25, 0.3) is 0 Å². The zero-order chi connectivity index (χ0) is 20.0. The van der Waals surface area contributed by atoms with Gasteiger partial charge in [0.15, 0.2) is 5.82 Å². The third kappa shape index (κ3) is 3.18. The quantitative estimate of drug-likeness (QED) is 0.849. The predicted molar refractivity (Wildman–Crippen MR) is 110 cm³/mol. The van der Waals surface area contributed by atoms with Crippen LogP contribution in [0, 0.1) is 5.92 Å². The molecule has 1 amide bonds. The molecule has 3 unspecified atom stereocenters. The zero-order valence-electron chi connectivity index (χ0n) is 17.1. The summed E-state index contributed by atoms with van der Waals surface area (Å²) in [5.74, 6) is 1.32. The van der Waals surface area contributed by atoms with Crippen molar-refractivity contribution in [3.63, 3.8) is 0 Å². The third-order valence-corrected chi connectivity index (χ3v) is 7.23. The van der Waals surface area contributed by atoms with E-state index in [-0.39, 0.29) is 23.8 Å². The fourth-order valence-electron chi connectivity index (χ4n) is 5.62.